The van der Waals surface area contributed by atoms with Crippen molar-refractivity contribution >= 4 is 5.95 Å². The summed E-state index contributed by atoms with van der Waals surface area (Å²) in [4.78, 5) is 24.6. The monoisotopic (exact) mass is 356 g/mol. The number of nitrogens with one attached hydrogen (secondary N) is 1. The number of aromatic nitrogens is 4. The average Bonchev–Trinajstić information content (AvgIpc) is 3.07. The van der Waals surface area contributed by atoms with Crippen LogP contribution in [-0.2, 0) is 13.6 Å². The summed E-state index contributed by atoms with van der Waals surface area (Å²) >= 11 is 0. The second-order valence-corrected chi connectivity index (χ2v) is 7.54. The van der Waals surface area contributed by atoms with E-state index in [1.54, 1.807) is 6.07 Å². The number of nitrogens with zero attached hydrogens (tertiary/aromatic N) is 5. The molecule has 0 radical (unpaired) electrons. The number of hydrogen-bond donors (Lipinski definition) is 1. The molecule has 7 nitrogen and oxygen atoms in total. The number of H-pyrrole nitrogens is 1. The van der Waals surface area contributed by atoms with Crippen LogP contribution in [0, 0.1) is 0 Å². The molecule has 2 aromatic rings. The Morgan fingerprint density at radius 3 is 2.62 bits per heavy atom. The summed E-state index contributed by atoms with van der Waals surface area (Å²) in [6.07, 6.45) is 7.59. The van der Waals surface area contributed by atoms with Crippen LogP contribution in [0.2, 0.25) is 0 Å². The SMILES string of the molecule is Cn1nccc1CN1CCC(c2cc(=O)[nH]c(N3CCCCC3)n2)CC1. The van der Waals surface area contributed by atoms with E-state index in [0.29, 0.717) is 5.92 Å². The Bertz CT molecular complexity index is 783. The van der Waals surface area contributed by atoms with Crippen LogP contribution in [0.15, 0.2) is 23.1 Å². The second kappa shape index (κ2) is 7.61. The van der Waals surface area contributed by atoms with Gasteiger partial charge in [0.25, 0.3) is 5.56 Å². The highest BCUT2D eigenvalue weighted by Crippen LogP contribution is 2.28. The lowest BCUT2D eigenvalue weighted by molar-refractivity contribution is 0.199. The quantitative estimate of drug-likeness (QED) is 0.906. The maximum absolute atomic E-state index is 12.2. The lowest BCUT2D eigenvalue weighted by Crippen LogP contribution is -2.35. The zero-order chi connectivity index (χ0) is 17.9. The first kappa shape index (κ1) is 17.3. The van der Waals surface area contributed by atoms with E-state index in [9.17, 15) is 4.79 Å². The first-order valence-corrected chi connectivity index (χ1v) is 9.74. The Kier molecular flexibility index (Phi) is 5.06. The van der Waals surface area contributed by atoms with Crippen molar-refractivity contribution in [3.05, 3.63) is 40.1 Å². The number of aryl methyl sites for hydroxylation is 1. The number of likely N-dealkylation sites (tertiary alicyclic amines) is 1. The standard InChI is InChI=1S/C19H28N6O/c1-23-16(5-8-20-23)14-24-11-6-15(7-12-24)17-13-18(26)22-19(21-17)25-9-3-2-4-10-25/h5,8,13,15H,2-4,6-7,9-12,14H2,1H3,(H,21,22,26). The smallest absolute Gasteiger partial charge is 0.252 e. The molecular weight excluding hydrogens is 328 g/mol. The van der Waals surface area contributed by atoms with Crippen LogP contribution in [0.1, 0.15) is 49.4 Å². The van der Waals surface area contributed by atoms with Gasteiger partial charge in [0, 0.05) is 44.9 Å². The highest BCUT2D eigenvalue weighted by Gasteiger charge is 2.24. The van der Waals surface area contributed by atoms with E-state index in [1.165, 1.54) is 25.0 Å². The Labute approximate surface area is 154 Å². The van der Waals surface area contributed by atoms with E-state index < -0.39 is 0 Å². The maximum Gasteiger partial charge on any atom is 0.252 e. The minimum absolute atomic E-state index is 0.0205. The molecule has 4 rings (SSSR count). The van der Waals surface area contributed by atoms with Crippen LogP contribution >= 0.6 is 0 Å². The van der Waals surface area contributed by atoms with Gasteiger partial charge in [0.05, 0.1) is 11.4 Å². The average molecular weight is 356 g/mol. The molecule has 0 atom stereocenters. The Morgan fingerprint density at radius 2 is 1.92 bits per heavy atom. The number of anilines is 1. The Morgan fingerprint density at radius 1 is 1.15 bits per heavy atom. The summed E-state index contributed by atoms with van der Waals surface area (Å²) in [7, 11) is 1.99. The van der Waals surface area contributed by atoms with Gasteiger partial charge in [-0.2, -0.15) is 5.10 Å². The van der Waals surface area contributed by atoms with Crippen LogP contribution < -0.4 is 10.5 Å². The van der Waals surface area contributed by atoms with Crippen molar-refractivity contribution in [1.82, 2.24) is 24.6 Å². The molecule has 4 heterocycles. The first-order chi connectivity index (χ1) is 12.7. The fourth-order valence-corrected chi connectivity index (χ4v) is 4.10. The number of hydrogen-bond acceptors (Lipinski definition) is 5. The van der Waals surface area contributed by atoms with Gasteiger partial charge in [0.15, 0.2) is 0 Å². The molecular formula is C19H28N6O. The molecule has 2 aliphatic rings. The predicted molar refractivity (Wildman–Crippen MR) is 101 cm³/mol. The Hall–Kier alpha value is -2.15. The molecule has 26 heavy (non-hydrogen) atoms. The molecule has 2 aliphatic heterocycles. The zero-order valence-electron chi connectivity index (χ0n) is 15.5. The van der Waals surface area contributed by atoms with Crippen LogP contribution in [-0.4, -0.2) is 50.8 Å². The van der Waals surface area contributed by atoms with E-state index in [2.05, 4.69) is 25.9 Å². The summed E-state index contributed by atoms with van der Waals surface area (Å²) in [5.41, 5.74) is 2.19. The minimum Gasteiger partial charge on any atom is -0.342 e. The molecule has 0 spiro atoms. The maximum atomic E-state index is 12.2. The van der Waals surface area contributed by atoms with E-state index >= 15 is 0 Å². The highest BCUT2D eigenvalue weighted by molar-refractivity contribution is 5.31. The lowest BCUT2D eigenvalue weighted by Gasteiger charge is -2.32. The van der Waals surface area contributed by atoms with Crippen LogP contribution in [0.3, 0.4) is 0 Å². The Balaban J connectivity index is 1.41. The fourth-order valence-electron chi connectivity index (χ4n) is 4.10. The lowest BCUT2D eigenvalue weighted by atomic mass is 9.93. The van der Waals surface area contributed by atoms with Crippen molar-refractivity contribution in [2.45, 2.75) is 44.6 Å². The van der Waals surface area contributed by atoms with Crippen LogP contribution in [0.5, 0.6) is 0 Å². The van der Waals surface area contributed by atoms with Crippen molar-refractivity contribution < 1.29 is 0 Å². The molecule has 2 fully saturated rings. The third-order valence-electron chi connectivity index (χ3n) is 5.72. The molecule has 0 aromatic carbocycles. The van der Waals surface area contributed by atoms with Gasteiger partial charge in [0.1, 0.15) is 0 Å². The summed E-state index contributed by atoms with van der Waals surface area (Å²) in [5.74, 6) is 1.15. The zero-order valence-corrected chi connectivity index (χ0v) is 15.5. The van der Waals surface area contributed by atoms with Gasteiger partial charge in [-0.05, 0) is 51.3 Å². The summed E-state index contributed by atoms with van der Waals surface area (Å²) < 4.78 is 1.94. The number of aromatic amines is 1. The predicted octanol–water partition coefficient (Wildman–Crippen LogP) is 1.87. The van der Waals surface area contributed by atoms with Gasteiger partial charge < -0.3 is 4.90 Å². The molecule has 0 bridgehead atoms. The van der Waals surface area contributed by atoms with Crippen molar-refractivity contribution in [2.75, 3.05) is 31.1 Å². The van der Waals surface area contributed by atoms with Crippen molar-refractivity contribution in [3.63, 3.8) is 0 Å². The van der Waals surface area contributed by atoms with Gasteiger partial charge in [-0.25, -0.2) is 4.98 Å². The molecule has 7 heteroatoms. The highest BCUT2D eigenvalue weighted by atomic mass is 16.1. The molecule has 2 aromatic heterocycles. The largest absolute Gasteiger partial charge is 0.342 e. The van der Waals surface area contributed by atoms with E-state index in [1.807, 2.05) is 17.9 Å². The van der Waals surface area contributed by atoms with E-state index in [0.717, 1.165) is 57.2 Å². The summed E-state index contributed by atoms with van der Waals surface area (Å²) in [6.45, 7) is 4.99. The number of rotatable bonds is 4. The summed E-state index contributed by atoms with van der Waals surface area (Å²) in [5, 5.41) is 4.25. The molecule has 0 saturated carbocycles. The van der Waals surface area contributed by atoms with E-state index in [-0.39, 0.29) is 5.56 Å². The van der Waals surface area contributed by atoms with Gasteiger partial charge in [-0.1, -0.05) is 0 Å². The van der Waals surface area contributed by atoms with Gasteiger partial charge in [0.2, 0.25) is 5.95 Å². The molecule has 0 unspecified atom stereocenters. The number of piperidine rings is 2. The van der Waals surface area contributed by atoms with Crippen molar-refractivity contribution in [1.29, 1.82) is 0 Å². The van der Waals surface area contributed by atoms with Crippen molar-refractivity contribution in [3.8, 4) is 0 Å². The fraction of sp³-hybridized carbons (Fsp3) is 0.632. The minimum atomic E-state index is -0.0205. The molecule has 0 amide bonds. The van der Waals surface area contributed by atoms with Gasteiger partial charge >= 0.3 is 0 Å². The third-order valence-corrected chi connectivity index (χ3v) is 5.72. The first-order valence-electron chi connectivity index (χ1n) is 9.74. The third kappa shape index (κ3) is 3.82. The molecule has 0 aliphatic carbocycles. The normalized spacial score (nSPS) is 19.8. The second-order valence-electron chi connectivity index (χ2n) is 7.54. The topological polar surface area (TPSA) is 70.1 Å². The van der Waals surface area contributed by atoms with Gasteiger partial charge in [-0.15, -0.1) is 0 Å². The van der Waals surface area contributed by atoms with E-state index in [4.69, 9.17) is 4.98 Å². The van der Waals surface area contributed by atoms with Gasteiger partial charge in [-0.3, -0.25) is 19.4 Å². The van der Waals surface area contributed by atoms with Crippen LogP contribution in [0.4, 0.5) is 5.95 Å². The van der Waals surface area contributed by atoms with Crippen LogP contribution in [0.25, 0.3) is 0 Å². The summed E-state index contributed by atoms with van der Waals surface area (Å²) in [6, 6.07) is 3.78. The molecule has 2 saturated heterocycles. The molecule has 140 valence electrons. The molecule has 1 N–H and O–H groups in total. The van der Waals surface area contributed by atoms with Crippen molar-refractivity contribution in [2.24, 2.45) is 7.05 Å².